The lowest BCUT2D eigenvalue weighted by Gasteiger charge is -2.16. The Morgan fingerprint density at radius 3 is 2.57 bits per heavy atom. The van der Waals surface area contributed by atoms with Crippen LogP contribution in [-0.4, -0.2) is 37.6 Å². The average Bonchev–Trinajstić information content (AvgIpc) is 2.90. The standard InChI is InChI=1S/C14H19N3O3S/c1-16-9-8-14(15-16)17(2)21(18,19)11-10-20-12-13-6-4-3-5-7-13/h3-9H,10-12H2,1-2H3. The van der Waals surface area contributed by atoms with Gasteiger partial charge in [0.25, 0.3) is 0 Å². The summed E-state index contributed by atoms with van der Waals surface area (Å²) in [5.41, 5.74) is 1.02. The van der Waals surface area contributed by atoms with E-state index < -0.39 is 10.0 Å². The van der Waals surface area contributed by atoms with Crippen molar-refractivity contribution in [1.82, 2.24) is 9.78 Å². The zero-order valence-electron chi connectivity index (χ0n) is 12.1. The predicted octanol–water partition coefficient (Wildman–Crippen LogP) is 1.40. The normalized spacial score (nSPS) is 11.5. The summed E-state index contributed by atoms with van der Waals surface area (Å²) >= 11 is 0. The summed E-state index contributed by atoms with van der Waals surface area (Å²) in [6.45, 7) is 0.554. The molecule has 0 fully saturated rings. The molecular formula is C14H19N3O3S. The molecule has 0 radical (unpaired) electrons. The van der Waals surface area contributed by atoms with E-state index in [2.05, 4.69) is 5.10 Å². The molecule has 0 aliphatic rings. The number of anilines is 1. The zero-order valence-corrected chi connectivity index (χ0v) is 13.0. The minimum Gasteiger partial charge on any atom is -0.376 e. The van der Waals surface area contributed by atoms with Crippen molar-refractivity contribution in [1.29, 1.82) is 0 Å². The van der Waals surface area contributed by atoms with Gasteiger partial charge in [-0.2, -0.15) is 5.10 Å². The van der Waals surface area contributed by atoms with Gasteiger partial charge in [-0.25, -0.2) is 8.42 Å². The second-order valence-corrected chi connectivity index (χ2v) is 6.79. The van der Waals surface area contributed by atoms with Crippen molar-refractivity contribution in [3.05, 3.63) is 48.2 Å². The number of aromatic nitrogens is 2. The van der Waals surface area contributed by atoms with Crippen molar-refractivity contribution >= 4 is 15.8 Å². The summed E-state index contributed by atoms with van der Waals surface area (Å²) in [6.07, 6.45) is 1.70. The van der Waals surface area contributed by atoms with E-state index in [4.69, 9.17) is 4.74 Å². The van der Waals surface area contributed by atoms with Crippen molar-refractivity contribution in [2.24, 2.45) is 7.05 Å². The van der Waals surface area contributed by atoms with Crippen LogP contribution in [0.3, 0.4) is 0 Å². The zero-order chi connectivity index (χ0) is 15.3. The number of aryl methyl sites for hydroxylation is 1. The largest absolute Gasteiger partial charge is 0.376 e. The fourth-order valence-corrected chi connectivity index (χ4v) is 2.76. The second-order valence-electron chi connectivity index (χ2n) is 4.67. The first-order chi connectivity index (χ1) is 9.99. The van der Waals surface area contributed by atoms with Gasteiger partial charge in [0.05, 0.1) is 19.0 Å². The third-order valence-electron chi connectivity index (χ3n) is 3.04. The highest BCUT2D eigenvalue weighted by atomic mass is 32.2. The van der Waals surface area contributed by atoms with Crippen LogP contribution in [0.1, 0.15) is 5.56 Å². The van der Waals surface area contributed by atoms with Crippen LogP contribution in [0.4, 0.5) is 5.82 Å². The number of hydrogen-bond donors (Lipinski definition) is 0. The molecule has 0 aliphatic heterocycles. The number of nitrogens with zero attached hydrogens (tertiary/aromatic N) is 3. The molecule has 0 unspecified atom stereocenters. The first-order valence-electron chi connectivity index (χ1n) is 6.57. The fraction of sp³-hybridized carbons (Fsp3) is 0.357. The maximum absolute atomic E-state index is 12.1. The van der Waals surface area contributed by atoms with Crippen LogP contribution in [0.15, 0.2) is 42.6 Å². The van der Waals surface area contributed by atoms with Crippen LogP contribution in [0, 0.1) is 0 Å². The van der Waals surface area contributed by atoms with Crippen LogP contribution in [-0.2, 0) is 28.4 Å². The topological polar surface area (TPSA) is 64.4 Å². The summed E-state index contributed by atoms with van der Waals surface area (Å²) in [5, 5.41) is 4.08. The van der Waals surface area contributed by atoms with E-state index in [0.29, 0.717) is 12.4 Å². The molecule has 0 saturated heterocycles. The minimum atomic E-state index is -3.42. The van der Waals surface area contributed by atoms with Crippen molar-refractivity contribution in [3.8, 4) is 0 Å². The Morgan fingerprint density at radius 2 is 1.95 bits per heavy atom. The highest BCUT2D eigenvalue weighted by Crippen LogP contribution is 2.12. The lowest BCUT2D eigenvalue weighted by atomic mass is 10.2. The van der Waals surface area contributed by atoms with Gasteiger partial charge in [-0.15, -0.1) is 0 Å². The lowest BCUT2D eigenvalue weighted by Crippen LogP contribution is -2.31. The van der Waals surface area contributed by atoms with E-state index >= 15 is 0 Å². The van der Waals surface area contributed by atoms with E-state index in [1.807, 2.05) is 30.3 Å². The quantitative estimate of drug-likeness (QED) is 0.725. The molecule has 0 saturated carbocycles. The van der Waals surface area contributed by atoms with Crippen LogP contribution in [0.5, 0.6) is 0 Å². The SMILES string of the molecule is CN(c1ccn(C)n1)S(=O)(=O)CCOCc1ccccc1. The number of ether oxygens (including phenoxy) is 1. The molecule has 0 bridgehead atoms. The molecule has 1 aromatic carbocycles. The van der Waals surface area contributed by atoms with Gasteiger partial charge < -0.3 is 4.74 Å². The molecule has 0 aliphatic carbocycles. The Hall–Kier alpha value is -1.86. The Bertz CT molecular complexity index is 668. The Balaban J connectivity index is 1.84. The van der Waals surface area contributed by atoms with Gasteiger partial charge in [0, 0.05) is 26.4 Å². The highest BCUT2D eigenvalue weighted by molar-refractivity contribution is 7.92. The third-order valence-corrected chi connectivity index (χ3v) is 4.74. The first-order valence-corrected chi connectivity index (χ1v) is 8.18. The van der Waals surface area contributed by atoms with Crippen LogP contribution in [0.25, 0.3) is 0 Å². The van der Waals surface area contributed by atoms with Gasteiger partial charge in [0.1, 0.15) is 0 Å². The van der Waals surface area contributed by atoms with Crippen molar-refractivity contribution < 1.29 is 13.2 Å². The fourth-order valence-electron chi connectivity index (χ4n) is 1.78. The van der Waals surface area contributed by atoms with Crippen LogP contribution in [0.2, 0.25) is 0 Å². The molecule has 114 valence electrons. The number of benzene rings is 1. The molecule has 2 rings (SSSR count). The summed E-state index contributed by atoms with van der Waals surface area (Å²) in [6, 6.07) is 11.3. The van der Waals surface area contributed by atoms with Gasteiger partial charge in [-0.3, -0.25) is 8.99 Å². The molecular weight excluding hydrogens is 290 g/mol. The van der Waals surface area contributed by atoms with Crippen molar-refractivity contribution in [2.75, 3.05) is 23.7 Å². The molecule has 0 N–H and O–H groups in total. The van der Waals surface area contributed by atoms with Gasteiger partial charge in [-0.05, 0) is 5.56 Å². The molecule has 1 aromatic heterocycles. The van der Waals surface area contributed by atoms with Gasteiger partial charge >= 0.3 is 0 Å². The van der Waals surface area contributed by atoms with Crippen molar-refractivity contribution in [3.63, 3.8) is 0 Å². The molecule has 0 amide bonds. The molecule has 1 heterocycles. The van der Waals surface area contributed by atoms with Gasteiger partial charge in [0.2, 0.25) is 10.0 Å². The smallest absolute Gasteiger partial charge is 0.238 e. The van der Waals surface area contributed by atoms with Crippen LogP contribution < -0.4 is 4.31 Å². The Kier molecular flexibility index (Phi) is 4.98. The van der Waals surface area contributed by atoms with E-state index in [9.17, 15) is 8.42 Å². The summed E-state index contributed by atoms with van der Waals surface area (Å²) in [7, 11) is -0.184. The van der Waals surface area contributed by atoms with E-state index in [1.54, 1.807) is 24.0 Å². The van der Waals surface area contributed by atoms with Crippen LogP contribution >= 0.6 is 0 Å². The molecule has 7 heteroatoms. The lowest BCUT2D eigenvalue weighted by molar-refractivity contribution is 0.135. The van der Waals surface area contributed by atoms with E-state index in [0.717, 1.165) is 5.56 Å². The average molecular weight is 309 g/mol. The number of rotatable bonds is 7. The number of hydrogen-bond acceptors (Lipinski definition) is 4. The Morgan fingerprint density at radius 1 is 1.24 bits per heavy atom. The second kappa shape index (κ2) is 6.73. The molecule has 21 heavy (non-hydrogen) atoms. The van der Waals surface area contributed by atoms with Gasteiger partial charge in [-0.1, -0.05) is 30.3 Å². The molecule has 0 spiro atoms. The van der Waals surface area contributed by atoms with Gasteiger partial charge in [0.15, 0.2) is 5.82 Å². The first kappa shape index (κ1) is 15.5. The van der Waals surface area contributed by atoms with E-state index in [-0.39, 0.29) is 12.4 Å². The summed E-state index contributed by atoms with van der Waals surface area (Å²) < 4.78 is 32.5. The maximum Gasteiger partial charge on any atom is 0.238 e. The summed E-state index contributed by atoms with van der Waals surface area (Å²) in [5.74, 6) is 0.327. The molecule has 2 aromatic rings. The molecule has 6 nitrogen and oxygen atoms in total. The highest BCUT2D eigenvalue weighted by Gasteiger charge is 2.19. The number of sulfonamides is 1. The minimum absolute atomic E-state index is 0.0765. The van der Waals surface area contributed by atoms with E-state index in [1.165, 1.54) is 11.4 Å². The monoisotopic (exact) mass is 309 g/mol. The third kappa shape index (κ3) is 4.30. The summed E-state index contributed by atoms with van der Waals surface area (Å²) in [4.78, 5) is 0. The van der Waals surface area contributed by atoms with Crippen molar-refractivity contribution in [2.45, 2.75) is 6.61 Å². The maximum atomic E-state index is 12.1. The molecule has 0 atom stereocenters. The Labute approximate surface area is 125 Å². The predicted molar refractivity (Wildman–Crippen MR) is 81.5 cm³/mol.